The maximum absolute atomic E-state index is 12.5. The van der Waals surface area contributed by atoms with Crippen LogP contribution in [-0.2, 0) is 11.2 Å². The Hall–Kier alpha value is -3.43. The van der Waals surface area contributed by atoms with Gasteiger partial charge in [-0.25, -0.2) is 4.79 Å². The number of aromatic nitrogens is 1. The minimum atomic E-state index is -1.05. The van der Waals surface area contributed by atoms with Crippen LogP contribution in [0.1, 0.15) is 21.5 Å². The Bertz CT molecular complexity index is 1040. The van der Waals surface area contributed by atoms with Crippen molar-refractivity contribution in [3.05, 3.63) is 87.8 Å². The number of nitriles is 1. The topological polar surface area (TPSA) is 91.8 Å². The third-order valence-corrected chi connectivity index (χ3v) is 3.94. The molecule has 0 fully saturated rings. The van der Waals surface area contributed by atoms with Crippen molar-refractivity contribution >= 4 is 11.5 Å². The third kappa shape index (κ3) is 3.63. The van der Waals surface area contributed by atoms with Crippen LogP contribution in [0.15, 0.2) is 65.6 Å². The van der Waals surface area contributed by atoms with Gasteiger partial charge in [0, 0.05) is 18.2 Å². The van der Waals surface area contributed by atoms with Crippen LogP contribution in [0.2, 0.25) is 0 Å². The van der Waals surface area contributed by atoms with Gasteiger partial charge in [-0.15, -0.1) is 0 Å². The molecule has 1 aromatic carbocycles. The van der Waals surface area contributed by atoms with E-state index in [0.717, 1.165) is 0 Å². The molecule has 6 nitrogen and oxygen atoms in total. The molecule has 3 rings (SSSR count). The molecule has 6 heteroatoms. The number of ether oxygens (including phenoxy) is 1. The van der Waals surface area contributed by atoms with E-state index in [9.17, 15) is 20.0 Å². The number of aliphatic hydroxyl groups excluding tert-OH is 1. The fourth-order valence-corrected chi connectivity index (χ4v) is 2.68. The first-order valence-corrected chi connectivity index (χ1v) is 8.04. The molecule has 2 heterocycles. The fraction of sp³-hybridized carbons (Fsp3) is 0.150. The monoisotopic (exact) mass is 348 g/mol. The summed E-state index contributed by atoms with van der Waals surface area (Å²) in [5, 5.41) is 19.4. The highest BCUT2D eigenvalue weighted by atomic mass is 16.5. The summed E-state index contributed by atoms with van der Waals surface area (Å²) < 4.78 is 6.45. The van der Waals surface area contributed by atoms with Crippen LogP contribution in [0.25, 0.3) is 5.52 Å². The maximum atomic E-state index is 12.5. The number of fused-ring (bicyclic) bond motifs is 1. The van der Waals surface area contributed by atoms with E-state index in [-0.39, 0.29) is 24.2 Å². The zero-order valence-corrected chi connectivity index (χ0v) is 13.8. The predicted molar refractivity (Wildman–Crippen MR) is 94.8 cm³/mol. The lowest BCUT2D eigenvalue weighted by Gasteiger charge is -2.12. The molecule has 0 amide bonds. The van der Waals surface area contributed by atoms with E-state index in [4.69, 9.17) is 4.74 Å². The maximum Gasteiger partial charge on any atom is 0.338 e. The predicted octanol–water partition coefficient (Wildman–Crippen LogP) is 1.93. The van der Waals surface area contributed by atoms with Crippen molar-refractivity contribution in [3.63, 3.8) is 0 Å². The lowest BCUT2D eigenvalue weighted by Crippen LogP contribution is -2.26. The highest BCUT2D eigenvalue weighted by molar-refractivity contribution is 5.89. The molecule has 0 saturated heterocycles. The summed E-state index contributed by atoms with van der Waals surface area (Å²) in [5.41, 5.74) is 1.21. The average molecular weight is 348 g/mol. The van der Waals surface area contributed by atoms with Crippen molar-refractivity contribution < 1.29 is 14.6 Å². The van der Waals surface area contributed by atoms with E-state index >= 15 is 0 Å². The van der Waals surface area contributed by atoms with Gasteiger partial charge in [0.05, 0.1) is 22.7 Å². The van der Waals surface area contributed by atoms with Crippen LogP contribution < -0.4 is 5.56 Å². The van der Waals surface area contributed by atoms with Crippen molar-refractivity contribution in [1.82, 2.24) is 4.40 Å². The van der Waals surface area contributed by atoms with E-state index < -0.39 is 12.1 Å². The Labute approximate surface area is 149 Å². The van der Waals surface area contributed by atoms with Crippen LogP contribution in [0.4, 0.5) is 0 Å². The number of pyridine rings is 2. The van der Waals surface area contributed by atoms with Crippen LogP contribution in [0.5, 0.6) is 0 Å². The number of rotatable bonds is 5. The fourth-order valence-electron chi connectivity index (χ4n) is 2.68. The van der Waals surface area contributed by atoms with Gasteiger partial charge in [-0.1, -0.05) is 24.3 Å². The van der Waals surface area contributed by atoms with Gasteiger partial charge in [0.2, 0.25) is 0 Å². The molecule has 130 valence electrons. The van der Waals surface area contributed by atoms with Crippen LogP contribution in [-0.4, -0.2) is 28.2 Å². The van der Waals surface area contributed by atoms with Crippen molar-refractivity contribution in [2.24, 2.45) is 0 Å². The summed E-state index contributed by atoms with van der Waals surface area (Å²) in [5.74, 6) is -0.544. The standard InChI is InChI=1S/C20H16N2O4/c21-12-16-10-15(19(24)22-9-5-4-8-18(16)22)11-17(23)13-26-20(25)14-6-2-1-3-7-14/h1-10,17,23H,11,13H2/t17-/m0/s1. The SMILES string of the molecule is N#Cc1cc(C[C@H](O)COC(=O)c2ccccc2)c(=O)n2ccccc12. The summed E-state index contributed by atoms with van der Waals surface area (Å²) in [6.07, 6.45) is 0.501. The van der Waals surface area contributed by atoms with Gasteiger partial charge in [0.15, 0.2) is 0 Å². The lowest BCUT2D eigenvalue weighted by molar-refractivity contribution is 0.0258. The highest BCUT2D eigenvalue weighted by Gasteiger charge is 2.15. The summed E-state index contributed by atoms with van der Waals surface area (Å²) >= 11 is 0. The first-order valence-electron chi connectivity index (χ1n) is 8.04. The molecule has 3 aromatic rings. The third-order valence-electron chi connectivity index (χ3n) is 3.94. The van der Waals surface area contributed by atoms with E-state index in [1.807, 2.05) is 0 Å². The molecule has 0 spiro atoms. The van der Waals surface area contributed by atoms with E-state index in [1.54, 1.807) is 54.7 Å². The molecule has 0 aliphatic heterocycles. The molecule has 2 aromatic heterocycles. The van der Waals surface area contributed by atoms with Gasteiger partial charge in [-0.3, -0.25) is 9.20 Å². The molecule has 0 aliphatic carbocycles. The minimum Gasteiger partial charge on any atom is -0.459 e. The van der Waals surface area contributed by atoms with Crippen molar-refractivity contribution in [2.45, 2.75) is 12.5 Å². The second-order valence-corrected chi connectivity index (χ2v) is 5.78. The van der Waals surface area contributed by atoms with Crippen LogP contribution in [0.3, 0.4) is 0 Å². The number of esters is 1. The molecule has 0 unspecified atom stereocenters. The van der Waals surface area contributed by atoms with Gasteiger partial charge in [-0.2, -0.15) is 5.26 Å². The zero-order chi connectivity index (χ0) is 18.5. The second kappa shape index (κ2) is 7.64. The van der Waals surface area contributed by atoms with Crippen LogP contribution in [0, 0.1) is 11.3 Å². The van der Waals surface area contributed by atoms with Gasteiger partial charge in [0.1, 0.15) is 12.7 Å². The Morgan fingerprint density at radius 3 is 2.65 bits per heavy atom. The van der Waals surface area contributed by atoms with Crippen molar-refractivity contribution in [3.8, 4) is 6.07 Å². The van der Waals surface area contributed by atoms with Gasteiger partial charge < -0.3 is 9.84 Å². The molecule has 1 N–H and O–H groups in total. The van der Waals surface area contributed by atoms with E-state index in [2.05, 4.69) is 6.07 Å². The van der Waals surface area contributed by atoms with E-state index in [1.165, 1.54) is 10.5 Å². The largest absolute Gasteiger partial charge is 0.459 e. The Morgan fingerprint density at radius 1 is 1.19 bits per heavy atom. The number of nitrogens with zero attached hydrogens (tertiary/aromatic N) is 2. The van der Waals surface area contributed by atoms with Crippen molar-refractivity contribution in [2.75, 3.05) is 6.61 Å². The molecule has 0 aliphatic rings. The number of benzene rings is 1. The molecule has 0 radical (unpaired) electrons. The smallest absolute Gasteiger partial charge is 0.338 e. The van der Waals surface area contributed by atoms with Gasteiger partial charge in [-0.05, 0) is 30.3 Å². The average Bonchev–Trinajstić information content (AvgIpc) is 2.69. The zero-order valence-electron chi connectivity index (χ0n) is 13.8. The number of carbonyl (C=O) groups is 1. The molecule has 0 bridgehead atoms. The Balaban J connectivity index is 1.74. The number of aliphatic hydroxyl groups is 1. The first kappa shape index (κ1) is 17.4. The summed E-state index contributed by atoms with van der Waals surface area (Å²) in [6, 6.07) is 17.1. The minimum absolute atomic E-state index is 0.0204. The second-order valence-electron chi connectivity index (χ2n) is 5.78. The molecular formula is C20H16N2O4. The Kier molecular flexibility index (Phi) is 5.11. The highest BCUT2D eigenvalue weighted by Crippen LogP contribution is 2.11. The number of hydrogen-bond acceptors (Lipinski definition) is 5. The summed E-state index contributed by atoms with van der Waals surface area (Å²) in [4.78, 5) is 24.4. The van der Waals surface area contributed by atoms with Crippen LogP contribution >= 0.6 is 0 Å². The number of carbonyl (C=O) groups excluding carboxylic acids is 1. The lowest BCUT2D eigenvalue weighted by atomic mass is 10.1. The van der Waals surface area contributed by atoms with Gasteiger partial charge in [0.25, 0.3) is 5.56 Å². The first-order chi connectivity index (χ1) is 12.6. The van der Waals surface area contributed by atoms with Gasteiger partial charge >= 0.3 is 5.97 Å². The quantitative estimate of drug-likeness (QED) is 0.711. The molecule has 1 atom stereocenters. The Morgan fingerprint density at radius 2 is 1.92 bits per heavy atom. The number of hydrogen-bond donors (Lipinski definition) is 1. The summed E-state index contributed by atoms with van der Waals surface area (Å²) in [6.45, 7) is -0.244. The molecular weight excluding hydrogens is 332 g/mol. The van der Waals surface area contributed by atoms with E-state index in [0.29, 0.717) is 16.6 Å². The van der Waals surface area contributed by atoms with Crippen molar-refractivity contribution in [1.29, 1.82) is 5.26 Å². The summed E-state index contributed by atoms with van der Waals surface area (Å²) in [7, 11) is 0. The normalized spacial score (nSPS) is 11.7. The molecule has 26 heavy (non-hydrogen) atoms. The molecule has 0 saturated carbocycles.